The molecule has 3 amide bonds. The Morgan fingerprint density at radius 2 is 2.02 bits per heavy atom. The number of fused-ring (bicyclic) bond motifs is 1. The number of hydrogen-bond acceptors (Lipinski definition) is 10. The molecule has 0 saturated carbocycles. The zero-order chi connectivity index (χ0) is 28.2. The summed E-state index contributed by atoms with van der Waals surface area (Å²) in [6, 6.07) is -1.12. The summed E-state index contributed by atoms with van der Waals surface area (Å²) in [4.78, 5) is 55.2. The molecule has 5 aliphatic heterocycles. The number of carbonyl (C=O) groups excluding carboxylic acids is 3. The molecule has 216 valence electrons. The third-order valence-corrected chi connectivity index (χ3v) is 10.7. The number of aliphatic carboxylic acids is 1. The van der Waals surface area contributed by atoms with Crippen LogP contribution >= 0.6 is 11.8 Å². The maximum Gasteiger partial charge on any atom is 0.353 e. The average molecular weight is 574 g/mol. The molecule has 6 heterocycles. The Bertz CT molecular complexity index is 1230. The van der Waals surface area contributed by atoms with E-state index in [1.165, 1.54) is 27.7 Å². The minimum atomic E-state index is -1.13. The molecule has 0 bridgehead atoms. The molecular formula is C25H35N9O5S. The first kappa shape index (κ1) is 27.1. The first-order valence-corrected chi connectivity index (χ1v) is 14.8. The van der Waals surface area contributed by atoms with Crippen LogP contribution in [0.4, 0.5) is 0 Å². The van der Waals surface area contributed by atoms with Crippen molar-refractivity contribution in [2.75, 3.05) is 32.7 Å². The van der Waals surface area contributed by atoms with Gasteiger partial charge < -0.3 is 30.9 Å². The maximum absolute atomic E-state index is 13.2. The molecule has 4 saturated heterocycles. The summed E-state index contributed by atoms with van der Waals surface area (Å²) >= 11 is 1.47. The Kier molecular flexibility index (Phi) is 7.07. The van der Waals surface area contributed by atoms with Gasteiger partial charge >= 0.3 is 5.97 Å². The fourth-order valence-corrected chi connectivity index (χ4v) is 8.38. The highest BCUT2D eigenvalue weighted by molar-refractivity contribution is 8.03. The molecule has 1 spiro atoms. The molecule has 0 aliphatic carbocycles. The van der Waals surface area contributed by atoms with E-state index in [1.807, 2.05) is 11.8 Å². The van der Waals surface area contributed by atoms with Gasteiger partial charge in [-0.25, -0.2) is 9.48 Å². The average Bonchev–Trinajstić information content (AvgIpc) is 3.63. The Labute approximate surface area is 235 Å². The van der Waals surface area contributed by atoms with Gasteiger partial charge in [0, 0.05) is 54.8 Å². The molecule has 1 aromatic heterocycles. The van der Waals surface area contributed by atoms with Crippen LogP contribution in [0.1, 0.15) is 33.1 Å². The lowest BCUT2D eigenvalue weighted by atomic mass is 9.73. The van der Waals surface area contributed by atoms with Crippen molar-refractivity contribution in [2.24, 2.45) is 17.3 Å². The van der Waals surface area contributed by atoms with Gasteiger partial charge in [-0.05, 0) is 42.0 Å². The van der Waals surface area contributed by atoms with Crippen molar-refractivity contribution in [2.45, 2.75) is 63.0 Å². The number of tetrazole rings is 1. The summed E-state index contributed by atoms with van der Waals surface area (Å²) < 4.78 is 1.29. The number of likely N-dealkylation sites (tertiary alicyclic amines) is 1. The lowest BCUT2D eigenvalue weighted by molar-refractivity contribution is -0.158. The van der Waals surface area contributed by atoms with E-state index >= 15 is 0 Å². The molecule has 6 atom stereocenters. The lowest BCUT2D eigenvalue weighted by Gasteiger charge is -2.48. The summed E-state index contributed by atoms with van der Waals surface area (Å²) in [6.45, 7) is 7.87. The van der Waals surface area contributed by atoms with Crippen LogP contribution < -0.4 is 16.0 Å². The molecule has 40 heavy (non-hydrogen) atoms. The topological polar surface area (TPSA) is 175 Å². The molecule has 1 aromatic rings. The Morgan fingerprint density at radius 3 is 2.65 bits per heavy atom. The predicted octanol–water partition coefficient (Wildman–Crippen LogP) is -1.37. The summed E-state index contributed by atoms with van der Waals surface area (Å²) in [7, 11) is 0. The number of nitrogens with one attached hydrogen (secondary N) is 3. The van der Waals surface area contributed by atoms with Gasteiger partial charge in [-0.3, -0.25) is 14.4 Å². The first-order chi connectivity index (χ1) is 19.2. The molecule has 14 nitrogen and oxygen atoms in total. The molecule has 4 N–H and O–H groups in total. The van der Waals surface area contributed by atoms with Gasteiger partial charge in [0.25, 0.3) is 0 Å². The largest absolute Gasteiger partial charge is 0.477 e. The number of carbonyl (C=O) groups is 4. The normalized spacial score (nSPS) is 31.6. The minimum Gasteiger partial charge on any atom is -0.477 e. The van der Waals surface area contributed by atoms with E-state index in [-0.39, 0.29) is 53.2 Å². The summed E-state index contributed by atoms with van der Waals surface area (Å²) in [5.41, 5.74) is 0.400. The molecule has 5 aliphatic rings. The Hall–Kier alpha value is -3.04. The molecule has 0 aromatic carbocycles. The first-order valence-electron chi connectivity index (χ1n) is 13.9. The quantitative estimate of drug-likeness (QED) is 0.270. The number of hydrogen-bond donors (Lipinski definition) is 4. The van der Waals surface area contributed by atoms with E-state index in [9.17, 15) is 24.3 Å². The van der Waals surface area contributed by atoms with Crippen molar-refractivity contribution in [3.05, 3.63) is 16.9 Å². The molecule has 15 heteroatoms. The molecule has 4 fully saturated rings. The number of aromatic nitrogens is 4. The molecule has 0 unspecified atom stereocenters. The zero-order valence-electron chi connectivity index (χ0n) is 22.6. The molecule has 0 radical (unpaired) electrons. The summed E-state index contributed by atoms with van der Waals surface area (Å²) in [6.07, 6.45) is 4.01. The second-order valence-electron chi connectivity index (χ2n) is 11.8. The third kappa shape index (κ3) is 4.67. The van der Waals surface area contributed by atoms with Crippen LogP contribution in [0.2, 0.25) is 0 Å². The number of nitrogens with zero attached hydrogens (tertiary/aromatic N) is 6. The number of carboxylic acid groups (broad SMARTS) is 1. The minimum absolute atomic E-state index is 0.0217. The van der Waals surface area contributed by atoms with Gasteiger partial charge in [0.15, 0.2) is 0 Å². The van der Waals surface area contributed by atoms with E-state index in [4.69, 9.17) is 0 Å². The molecule has 6 rings (SSSR count). The summed E-state index contributed by atoms with van der Waals surface area (Å²) in [5.74, 6) is -2.39. The maximum atomic E-state index is 13.2. The number of piperidine rings is 1. The monoisotopic (exact) mass is 573 g/mol. The van der Waals surface area contributed by atoms with Crippen LogP contribution in [0.15, 0.2) is 16.9 Å². The lowest BCUT2D eigenvalue weighted by Crippen LogP contribution is -2.66. The standard InChI is InChI=1S/C25H35N9O5S/c1-13-19-18(14(2)29-17(35)9-33-12-28-30-31-33)23(37)34(19)20(24(38)39)21(13)40-15-7-16(27-8-15)22(36)32-5-3-25(4-6-32)10-26-11-25/h12-16,18-19,26-27H,3-11H2,1-2H3,(H,29,35)(H,38,39)/t13-,14-,15+,16+,18-,19-/m1/s1. The third-order valence-electron chi connectivity index (χ3n) is 9.23. The fraction of sp³-hybridized carbons (Fsp3) is 0.720. The fourth-order valence-electron chi connectivity index (χ4n) is 6.90. The second-order valence-corrected chi connectivity index (χ2v) is 13.1. The van der Waals surface area contributed by atoms with Crippen LogP contribution in [0.5, 0.6) is 0 Å². The van der Waals surface area contributed by atoms with Gasteiger partial charge in [0.05, 0.1) is 18.0 Å². The highest BCUT2D eigenvalue weighted by Gasteiger charge is 2.60. The van der Waals surface area contributed by atoms with E-state index in [2.05, 4.69) is 31.5 Å². The Balaban J connectivity index is 1.07. The van der Waals surface area contributed by atoms with E-state index in [0.717, 1.165) is 39.0 Å². The van der Waals surface area contributed by atoms with Crippen molar-refractivity contribution >= 4 is 35.5 Å². The van der Waals surface area contributed by atoms with Crippen LogP contribution in [0.3, 0.4) is 0 Å². The second kappa shape index (κ2) is 10.4. The number of thioether (sulfide) groups is 1. The van der Waals surface area contributed by atoms with Gasteiger partial charge in [0.1, 0.15) is 18.6 Å². The predicted molar refractivity (Wildman–Crippen MR) is 142 cm³/mol. The van der Waals surface area contributed by atoms with Crippen molar-refractivity contribution in [1.29, 1.82) is 0 Å². The van der Waals surface area contributed by atoms with Crippen LogP contribution in [-0.2, 0) is 25.7 Å². The number of carboxylic acids is 1. The van der Waals surface area contributed by atoms with Gasteiger partial charge in [-0.1, -0.05) is 6.92 Å². The number of rotatable bonds is 8. The van der Waals surface area contributed by atoms with E-state index in [1.54, 1.807) is 6.92 Å². The zero-order valence-corrected chi connectivity index (χ0v) is 23.4. The summed E-state index contributed by atoms with van der Waals surface area (Å²) in [5, 5.41) is 30.3. The van der Waals surface area contributed by atoms with Gasteiger partial charge in [-0.15, -0.1) is 16.9 Å². The van der Waals surface area contributed by atoms with Crippen LogP contribution in [0, 0.1) is 17.3 Å². The van der Waals surface area contributed by atoms with Crippen molar-refractivity contribution in [3.63, 3.8) is 0 Å². The van der Waals surface area contributed by atoms with Crippen molar-refractivity contribution in [1.82, 2.24) is 46.0 Å². The van der Waals surface area contributed by atoms with Crippen molar-refractivity contribution < 1.29 is 24.3 Å². The smallest absolute Gasteiger partial charge is 0.353 e. The van der Waals surface area contributed by atoms with Gasteiger partial charge in [-0.2, -0.15) is 0 Å². The SMILES string of the molecule is C[C@@H](NC(=O)Cn1cnnn1)[C@H]1C(=O)N2C(C(=O)O)=C(S[C@@H]3CN[C@H](C(=O)N4CCC5(CC4)CNC5)C3)[C@H](C)[C@H]12. The van der Waals surface area contributed by atoms with Crippen LogP contribution in [0.25, 0.3) is 0 Å². The highest BCUT2D eigenvalue weighted by Crippen LogP contribution is 2.52. The van der Waals surface area contributed by atoms with E-state index in [0.29, 0.717) is 23.3 Å². The van der Waals surface area contributed by atoms with Crippen LogP contribution in [-0.4, -0.2) is 115 Å². The molecular weight excluding hydrogens is 538 g/mol. The highest BCUT2D eigenvalue weighted by atomic mass is 32.2. The Morgan fingerprint density at radius 1 is 1.27 bits per heavy atom. The van der Waals surface area contributed by atoms with Crippen molar-refractivity contribution in [3.8, 4) is 0 Å². The van der Waals surface area contributed by atoms with E-state index < -0.39 is 17.9 Å². The number of amides is 3. The van der Waals surface area contributed by atoms with Gasteiger partial charge in [0.2, 0.25) is 17.7 Å². The number of β-lactam (4-membered cyclic amide) rings is 1.